The van der Waals surface area contributed by atoms with Gasteiger partial charge in [0.05, 0.1) is 10.9 Å². The van der Waals surface area contributed by atoms with Crippen molar-refractivity contribution in [3.05, 3.63) is 77.0 Å². The molecule has 1 aliphatic heterocycles. The minimum absolute atomic E-state index is 0.352. The Morgan fingerprint density at radius 3 is 2.44 bits per heavy atom. The lowest BCUT2D eigenvalue weighted by atomic mass is 9.84. The average molecular weight is 473 g/mol. The third-order valence-corrected chi connectivity index (χ3v) is 8.81. The SMILES string of the molecule is Cc1ccc2c(C(C)C)c3c(c(C)c2c1)-c1c2c(cc4c(C5CCCC5)cccc4c2cc[n+]1C)O3. The summed E-state index contributed by atoms with van der Waals surface area (Å²) in [5, 5.41) is 7.92. The Morgan fingerprint density at radius 1 is 0.861 bits per heavy atom. The zero-order chi connectivity index (χ0) is 24.7. The Labute approximate surface area is 213 Å². The molecule has 0 spiro atoms. The second-order valence-electron chi connectivity index (χ2n) is 11.4. The molecule has 0 bridgehead atoms. The molecule has 0 radical (unpaired) electrons. The summed E-state index contributed by atoms with van der Waals surface area (Å²) in [4.78, 5) is 0. The Balaban J connectivity index is 1.64. The fourth-order valence-corrected chi connectivity index (χ4v) is 7.12. The molecule has 0 unspecified atom stereocenters. The number of hydrogen-bond acceptors (Lipinski definition) is 1. The zero-order valence-electron chi connectivity index (χ0n) is 22.0. The van der Waals surface area contributed by atoms with Gasteiger partial charge >= 0.3 is 0 Å². The van der Waals surface area contributed by atoms with Crippen LogP contribution in [-0.4, -0.2) is 0 Å². The van der Waals surface area contributed by atoms with Crippen molar-refractivity contribution >= 4 is 32.3 Å². The van der Waals surface area contributed by atoms with Gasteiger partial charge in [-0.25, -0.2) is 4.57 Å². The van der Waals surface area contributed by atoms with Gasteiger partial charge in [0.15, 0.2) is 6.20 Å². The Morgan fingerprint density at radius 2 is 1.67 bits per heavy atom. The molecule has 180 valence electrons. The number of ether oxygens (including phenoxy) is 1. The molecule has 1 saturated carbocycles. The van der Waals surface area contributed by atoms with E-state index in [-0.39, 0.29) is 0 Å². The molecule has 0 saturated heterocycles. The highest BCUT2D eigenvalue weighted by Gasteiger charge is 2.34. The molecular formula is C34H34NO+. The van der Waals surface area contributed by atoms with Crippen molar-refractivity contribution < 1.29 is 9.30 Å². The molecule has 5 aromatic rings. The van der Waals surface area contributed by atoms with E-state index in [2.05, 4.69) is 94.0 Å². The number of aromatic nitrogens is 1. The van der Waals surface area contributed by atoms with E-state index in [0.717, 1.165) is 11.5 Å². The normalized spacial score (nSPS) is 15.3. The lowest BCUT2D eigenvalue weighted by Gasteiger charge is -2.27. The van der Waals surface area contributed by atoms with Crippen molar-refractivity contribution in [2.45, 2.75) is 65.2 Å². The largest absolute Gasteiger partial charge is 0.455 e. The number of rotatable bonds is 2. The summed E-state index contributed by atoms with van der Waals surface area (Å²) in [6.45, 7) is 9.05. The minimum Gasteiger partial charge on any atom is -0.455 e. The van der Waals surface area contributed by atoms with Gasteiger partial charge in [-0.1, -0.05) is 68.7 Å². The number of fused-ring (bicyclic) bond motifs is 5. The van der Waals surface area contributed by atoms with Crippen LogP contribution < -0.4 is 9.30 Å². The fraction of sp³-hybridized carbons (Fsp3) is 0.324. The van der Waals surface area contributed by atoms with E-state index >= 15 is 0 Å². The quantitative estimate of drug-likeness (QED) is 0.181. The summed E-state index contributed by atoms with van der Waals surface area (Å²) in [6, 6.07) is 18.5. The first-order chi connectivity index (χ1) is 17.4. The fourth-order valence-electron chi connectivity index (χ4n) is 7.12. The van der Waals surface area contributed by atoms with Crippen molar-refractivity contribution in [3.8, 4) is 22.8 Å². The second-order valence-corrected chi connectivity index (χ2v) is 11.4. The van der Waals surface area contributed by atoms with Crippen molar-refractivity contribution in [2.75, 3.05) is 0 Å². The van der Waals surface area contributed by atoms with Crippen LogP contribution in [0.2, 0.25) is 0 Å². The van der Waals surface area contributed by atoms with E-state index in [1.165, 1.54) is 91.5 Å². The van der Waals surface area contributed by atoms with E-state index in [0.29, 0.717) is 11.8 Å². The summed E-state index contributed by atoms with van der Waals surface area (Å²) in [6.07, 6.45) is 7.53. The van der Waals surface area contributed by atoms with Crippen LogP contribution in [0.4, 0.5) is 0 Å². The van der Waals surface area contributed by atoms with Crippen LogP contribution in [-0.2, 0) is 7.05 Å². The van der Waals surface area contributed by atoms with E-state index in [4.69, 9.17) is 4.74 Å². The lowest BCUT2D eigenvalue weighted by Crippen LogP contribution is -2.32. The van der Waals surface area contributed by atoms with E-state index in [1.54, 1.807) is 0 Å². The van der Waals surface area contributed by atoms with Gasteiger partial charge in [0, 0.05) is 17.0 Å². The van der Waals surface area contributed by atoms with Crippen molar-refractivity contribution in [1.82, 2.24) is 0 Å². The highest BCUT2D eigenvalue weighted by atomic mass is 16.5. The molecule has 4 aromatic carbocycles. The van der Waals surface area contributed by atoms with Crippen LogP contribution in [0.3, 0.4) is 0 Å². The van der Waals surface area contributed by atoms with Crippen LogP contribution in [0.1, 0.15) is 73.6 Å². The summed E-state index contributed by atoms with van der Waals surface area (Å²) < 4.78 is 9.33. The van der Waals surface area contributed by atoms with E-state index in [9.17, 15) is 0 Å². The van der Waals surface area contributed by atoms with Gasteiger partial charge in [-0.15, -0.1) is 0 Å². The molecule has 2 nitrogen and oxygen atoms in total. The topological polar surface area (TPSA) is 13.1 Å². The zero-order valence-corrected chi connectivity index (χ0v) is 22.0. The van der Waals surface area contributed by atoms with Gasteiger partial charge in [-0.2, -0.15) is 0 Å². The first kappa shape index (κ1) is 21.9. The molecule has 0 amide bonds. The third-order valence-electron chi connectivity index (χ3n) is 8.81. The van der Waals surface area contributed by atoms with Gasteiger partial charge in [-0.3, -0.25) is 0 Å². The van der Waals surface area contributed by atoms with Crippen molar-refractivity contribution in [3.63, 3.8) is 0 Å². The number of aryl methyl sites for hydroxylation is 3. The van der Waals surface area contributed by atoms with Gasteiger partial charge in [-0.05, 0) is 77.3 Å². The number of benzene rings is 4. The average Bonchev–Trinajstić information content (AvgIpc) is 3.40. The van der Waals surface area contributed by atoms with Crippen LogP contribution >= 0.6 is 0 Å². The van der Waals surface area contributed by atoms with Gasteiger partial charge in [0.25, 0.3) is 0 Å². The maximum atomic E-state index is 7.03. The van der Waals surface area contributed by atoms with Crippen LogP contribution in [0.25, 0.3) is 43.6 Å². The van der Waals surface area contributed by atoms with Crippen molar-refractivity contribution in [1.29, 1.82) is 0 Å². The molecule has 7 rings (SSSR count). The molecular weight excluding hydrogens is 438 g/mol. The van der Waals surface area contributed by atoms with E-state index < -0.39 is 0 Å². The van der Waals surface area contributed by atoms with Gasteiger partial charge in [0.2, 0.25) is 5.69 Å². The highest BCUT2D eigenvalue weighted by molar-refractivity contribution is 6.17. The Bertz CT molecular complexity index is 1720. The number of pyridine rings is 1. The molecule has 36 heavy (non-hydrogen) atoms. The monoisotopic (exact) mass is 472 g/mol. The highest BCUT2D eigenvalue weighted by Crippen LogP contribution is 2.54. The summed E-state index contributed by atoms with van der Waals surface area (Å²) in [5.41, 5.74) is 7.95. The first-order valence-electron chi connectivity index (χ1n) is 13.6. The minimum atomic E-state index is 0.352. The van der Waals surface area contributed by atoms with Crippen molar-refractivity contribution in [2.24, 2.45) is 7.05 Å². The summed E-state index contributed by atoms with van der Waals surface area (Å²) >= 11 is 0. The predicted molar refractivity (Wildman–Crippen MR) is 150 cm³/mol. The maximum Gasteiger partial charge on any atom is 0.228 e. The number of hydrogen-bond donors (Lipinski definition) is 0. The number of nitrogens with zero attached hydrogens (tertiary/aromatic N) is 1. The van der Waals surface area contributed by atoms with Crippen LogP contribution in [0, 0.1) is 13.8 Å². The Kier molecular flexibility index (Phi) is 4.74. The smallest absolute Gasteiger partial charge is 0.228 e. The molecule has 0 atom stereocenters. The lowest BCUT2D eigenvalue weighted by molar-refractivity contribution is -0.659. The second kappa shape index (κ2) is 7.80. The van der Waals surface area contributed by atoms with Crippen LogP contribution in [0.15, 0.2) is 54.7 Å². The third kappa shape index (κ3) is 2.94. The summed E-state index contributed by atoms with van der Waals surface area (Å²) in [5.74, 6) is 3.07. The standard InChI is InChI=1S/C34H34NO/c1-19(2)30-25-14-13-20(3)17-27(25)21(4)31-33-32-26(15-16-35(33)5)24-12-8-11-23(22-9-6-7-10-22)28(24)18-29(32)36-34(30)31/h8,11-19,22H,6-7,9-10H2,1-5H3/q+1. The predicted octanol–water partition coefficient (Wildman–Crippen LogP) is 9.14. The Hall–Kier alpha value is -3.39. The molecule has 2 heterocycles. The molecule has 1 aromatic heterocycles. The van der Waals surface area contributed by atoms with E-state index in [1.807, 2.05) is 0 Å². The summed E-state index contributed by atoms with van der Waals surface area (Å²) in [7, 11) is 2.18. The van der Waals surface area contributed by atoms with Crippen LogP contribution in [0.5, 0.6) is 11.5 Å². The molecule has 0 N–H and O–H groups in total. The molecule has 2 aliphatic rings. The van der Waals surface area contributed by atoms with Gasteiger partial charge < -0.3 is 4.74 Å². The van der Waals surface area contributed by atoms with Gasteiger partial charge in [0.1, 0.15) is 18.5 Å². The molecule has 2 heteroatoms. The molecule has 1 fully saturated rings. The maximum absolute atomic E-state index is 7.03. The molecule has 1 aliphatic carbocycles. The first-order valence-corrected chi connectivity index (χ1v) is 13.6.